The molecule has 1 aliphatic heterocycles. The van der Waals surface area contributed by atoms with Gasteiger partial charge in [0.25, 0.3) is 5.56 Å². The number of hydrogen-bond acceptors (Lipinski definition) is 6. The van der Waals surface area contributed by atoms with Crippen molar-refractivity contribution in [2.45, 2.75) is 25.1 Å². The molecule has 8 nitrogen and oxygen atoms in total. The van der Waals surface area contributed by atoms with Gasteiger partial charge in [0.05, 0.1) is 11.6 Å². The molecule has 1 aromatic carbocycles. The largest absolute Gasteiger partial charge is 0.416 e. The fraction of sp³-hybridized carbons (Fsp3) is 0.200. The maximum absolute atomic E-state index is 13.2. The van der Waals surface area contributed by atoms with Crippen molar-refractivity contribution in [2.75, 3.05) is 12.3 Å². The normalized spacial score (nSPS) is 16.2. The SMILES string of the molecule is Nc1nccn2c(C3CCCN3)nc(-c3ccc4c(=O)n(-c5cc(C(F)(F)F)ccn5)ccc4c3)c12. The van der Waals surface area contributed by atoms with Crippen LogP contribution in [0.3, 0.4) is 0 Å². The summed E-state index contributed by atoms with van der Waals surface area (Å²) < 4.78 is 42.5. The molecule has 6 rings (SSSR count). The zero-order chi connectivity index (χ0) is 25.0. The van der Waals surface area contributed by atoms with Gasteiger partial charge in [0.1, 0.15) is 28.7 Å². The van der Waals surface area contributed by atoms with E-state index in [4.69, 9.17) is 10.7 Å². The summed E-state index contributed by atoms with van der Waals surface area (Å²) in [6.45, 7) is 0.915. The molecule has 1 saturated heterocycles. The van der Waals surface area contributed by atoms with Crippen molar-refractivity contribution < 1.29 is 13.2 Å². The van der Waals surface area contributed by atoms with Crippen LogP contribution in [0.2, 0.25) is 0 Å². The van der Waals surface area contributed by atoms with Crippen LogP contribution >= 0.6 is 0 Å². The average molecular weight is 491 g/mol. The van der Waals surface area contributed by atoms with E-state index < -0.39 is 17.3 Å². The van der Waals surface area contributed by atoms with Crippen molar-refractivity contribution in [3.05, 3.63) is 82.9 Å². The van der Waals surface area contributed by atoms with E-state index in [2.05, 4.69) is 15.3 Å². The van der Waals surface area contributed by atoms with E-state index in [1.54, 1.807) is 24.4 Å². The third kappa shape index (κ3) is 3.59. The number of aromatic nitrogens is 5. The minimum Gasteiger partial charge on any atom is -0.382 e. The lowest BCUT2D eigenvalue weighted by Gasteiger charge is -2.10. The van der Waals surface area contributed by atoms with Gasteiger partial charge in [-0.25, -0.2) is 15.0 Å². The highest BCUT2D eigenvalue weighted by atomic mass is 19.4. The number of halogens is 3. The minimum atomic E-state index is -4.54. The number of nitrogens with zero attached hydrogens (tertiary/aromatic N) is 5. The van der Waals surface area contributed by atoms with Crippen LogP contribution < -0.4 is 16.6 Å². The van der Waals surface area contributed by atoms with Gasteiger partial charge >= 0.3 is 6.18 Å². The van der Waals surface area contributed by atoms with Crippen LogP contribution in [0.4, 0.5) is 19.0 Å². The number of hydrogen-bond donors (Lipinski definition) is 2. The summed E-state index contributed by atoms with van der Waals surface area (Å²) in [5, 5.41) is 4.41. The molecule has 1 atom stereocenters. The number of alkyl halides is 3. The van der Waals surface area contributed by atoms with Crippen molar-refractivity contribution in [1.82, 2.24) is 29.2 Å². The lowest BCUT2D eigenvalue weighted by Crippen LogP contribution is -2.19. The number of rotatable bonds is 3. The molecule has 1 fully saturated rings. The molecule has 1 aliphatic rings. The van der Waals surface area contributed by atoms with E-state index >= 15 is 0 Å². The van der Waals surface area contributed by atoms with Crippen LogP contribution in [0.5, 0.6) is 0 Å². The molecule has 4 aromatic heterocycles. The van der Waals surface area contributed by atoms with Crippen molar-refractivity contribution in [1.29, 1.82) is 0 Å². The van der Waals surface area contributed by atoms with Crippen molar-refractivity contribution in [3.8, 4) is 17.1 Å². The van der Waals surface area contributed by atoms with Crippen LogP contribution in [0.1, 0.15) is 30.3 Å². The highest BCUT2D eigenvalue weighted by molar-refractivity contribution is 5.91. The summed E-state index contributed by atoms with van der Waals surface area (Å²) >= 11 is 0. The van der Waals surface area contributed by atoms with Gasteiger partial charge in [0.2, 0.25) is 0 Å². The maximum atomic E-state index is 13.2. The molecular weight excluding hydrogens is 471 g/mol. The van der Waals surface area contributed by atoms with Gasteiger partial charge in [0.15, 0.2) is 0 Å². The average Bonchev–Trinajstić information content (AvgIpc) is 3.52. The van der Waals surface area contributed by atoms with Crippen molar-refractivity contribution >= 4 is 22.1 Å². The fourth-order valence-corrected chi connectivity index (χ4v) is 4.74. The molecule has 5 aromatic rings. The first-order valence-corrected chi connectivity index (χ1v) is 11.4. The standard InChI is InChI=1S/C25H20F3N7O/c26-25(27,28)16-5-8-31-19(13-16)34-10-6-14-12-15(3-4-17(14)24(34)36)20-21-22(29)32-9-11-35(21)23(33-20)18-2-1-7-30-18/h3-6,8-13,18,30H,1-2,7H2,(H2,29,32). The highest BCUT2D eigenvalue weighted by Crippen LogP contribution is 2.34. The molecular formula is C25H20F3N7O. The number of nitrogens with two attached hydrogens (primary N) is 1. The summed E-state index contributed by atoms with van der Waals surface area (Å²) in [5.74, 6) is 1.08. The first-order valence-electron chi connectivity index (χ1n) is 11.4. The Balaban J connectivity index is 1.47. The molecule has 3 N–H and O–H groups in total. The third-order valence-electron chi connectivity index (χ3n) is 6.48. The molecule has 0 amide bonds. The smallest absolute Gasteiger partial charge is 0.382 e. The summed E-state index contributed by atoms with van der Waals surface area (Å²) in [6.07, 6.45) is 3.41. The van der Waals surface area contributed by atoms with E-state index in [0.29, 0.717) is 27.8 Å². The lowest BCUT2D eigenvalue weighted by atomic mass is 10.1. The Morgan fingerprint density at radius 3 is 2.69 bits per heavy atom. The first-order chi connectivity index (χ1) is 17.3. The predicted octanol–water partition coefficient (Wildman–Crippen LogP) is 4.12. The summed E-state index contributed by atoms with van der Waals surface area (Å²) in [6, 6.07) is 8.71. The minimum absolute atomic E-state index is 0.0978. The second kappa shape index (κ2) is 8.16. The first kappa shape index (κ1) is 22.2. The zero-order valence-electron chi connectivity index (χ0n) is 18.8. The lowest BCUT2D eigenvalue weighted by molar-refractivity contribution is -0.137. The van der Waals surface area contributed by atoms with Crippen LogP contribution in [0, 0.1) is 0 Å². The Labute approximate surface area is 202 Å². The monoisotopic (exact) mass is 491 g/mol. The fourth-order valence-electron chi connectivity index (χ4n) is 4.74. The van der Waals surface area contributed by atoms with Gasteiger partial charge in [-0.05, 0) is 55.1 Å². The van der Waals surface area contributed by atoms with E-state index in [1.165, 1.54) is 6.20 Å². The van der Waals surface area contributed by atoms with Gasteiger partial charge in [-0.1, -0.05) is 6.07 Å². The van der Waals surface area contributed by atoms with Crippen LogP contribution in [0.15, 0.2) is 66.0 Å². The Bertz CT molecular complexity index is 1680. The van der Waals surface area contributed by atoms with Crippen molar-refractivity contribution in [3.63, 3.8) is 0 Å². The van der Waals surface area contributed by atoms with Crippen molar-refractivity contribution in [2.24, 2.45) is 0 Å². The number of imidazole rings is 1. The van der Waals surface area contributed by atoms with Gasteiger partial charge in [-0.2, -0.15) is 13.2 Å². The molecule has 36 heavy (non-hydrogen) atoms. The molecule has 182 valence electrons. The maximum Gasteiger partial charge on any atom is 0.416 e. The van der Waals surface area contributed by atoms with E-state index in [-0.39, 0.29) is 11.9 Å². The second-order valence-corrected chi connectivity index (χ2v) is 8.69. The number of anilines is 1. The van der Waals surface area contributed by atoms with Gasteiger partial charge in [0, 0.05) is 35.7 Å². The van der Waals surface area contributed by atoms with Gasteiger partial charge in [-0.15, -0.1) is 0 Å². The van der Waals surface area contributed by atoms with E-state index in [0.717, 1.165) is 53.7 Å². The number of pyridine rings is 2. The molecule has 11 heteroatoms. The Kier molecular flexibility index (Phi) is 5.04. The summed E-state index contributed by atoms with van der Waals surface area (Å²) in [7, 11) is 0. The van der Waals surface area contributed by atoms with Crippen LogP contribution in [0.25, 0.3) is 33.4 Å². The molecule has 0 radical (unpaired) electrons. The third-order valence-corrected chi connectivity index (χ3v) is 6.48. The molecule has 0 bridgehead atoms. The molecule has 0 aliphatic carbocycles. The predicted molar refractivity (Wildman–Crippen MR) is 129 cm³/mol. The molecule has 5 heterocycles. The number of nitrogen functional groups attached to an aromatic ring is 1. The van der Waals surface area contributed by atoms with Crippen LogP contribution in [-0.4, -0.2) is 30.5 Å². The number of benzene rings is 1. The second-order valence-electron chi connectivity index (χ2n) is 8.69. The Hall–Kier alpha value is -4.25. The van der Waals surface area contributed by atoms with E-state index in [1.807, 2.05) is 16.7 Å². The Morgan fingerprint density at radius 2 is 1.92 bits per heavy atom. The van der Waals surface area contributed by atoms with E-state index in [9.17, 15) is 18.0 Å². The molecule has 0 saturated carbocycles. The highest BCUT2D eigenvalue weighted by Gasteiger charge is 2.31. The zero-order valence-corrected chi connectivity index (χ0v) is 18.8. The van der Waals surface area contributed by atoms with Gasteiger partial charge < -0.3 is 11.1 Å². The quantitative estimate of drug-likeness (QED) is 0.394. The Morgan fingerprint density at radius 1 is 1.06 bits per heavy atom. The number of nitrogens with one attached hydrogen (secondary N) is 1. The summed E-state index contributed by atoms with van der Waals surface area (Å²) in [4.78, 5) is 26.3. The molecule has 0 spiro atoms. The van der Waals surface area contributed by atoms with Gasteiger partial charge in [-0.3, -0.25) is 13.8 Å². The van der Waals surface area contributed by atoms with Crippen LogP contribution in [-0.2, 0) is 6.18 Å². The number of fused-ring (bicyclic) bond motifs is 2. The molecule has 1 unspecified atom stereocenters. The topological polar surface area (TPSA) is 103 Å². The summed E-state index contributed by atoms with van der Waals surface area (Å²) in [5.41, 5.74) is 6.97.